The molecule has 1 aliphatic rings. The Morgan fingerprint density at radius 2 is 2.50 bits per heavy atom. The molecule has 1 amide bonds. The molecule has 0 aliphatic carbocycles. The number of rotatable bonds is 1. The molecule has 1 rings (SSSR count). The minimum atomic E-state index is -0.539. The molecular formula is C4H4N3O. The number of carbonyl (C=O) groups excluding carboxylic acids is 1. The maximum absolute atomic E-state index is 10.2. The standard InChI is InChI=1S/C4H4N3O/c5-4(8)3-1-2-6-7-3/h1-2H,(H2,5,8). The average molecular weight is 110 g/mol. The quantitative estimate of drug-likeness (QED) is 0.506. The largest absolute Gasteiger partial charge is 0.367 e. The van der Waals surface area contributed by atoms with Gasteiger partial charge in [0.1, 0.15) is 0 Å². The lowest BCUT2D eigenvalue weighted by Gasteiger charge is -1.88. The van der Waals surface area contributed by atoms with E-state index in [4.69, 9.17) is 5.73 Å². The summed E-state index contributed by atoms with van der Waals surface area (Å²) in [6, 6.07) is 0.213. The maximum Gasteiger partial charge on any atom is 0.254 e. The van der Waals surface area contributed by atoms with E-state index in [0.29, 0.717) is 0 Å². The number of carbonyl (C=O) groups is 1. The van der Waals surface area contributed by atoms with Gasteiger partial charge in [-0.05, 0) is 6.08 Å². The Morgan fingerprint density at radius 1 is 1.75 bits per heavy atom. The minimum Gasteiger partial charge on any atom is -0.367 e. The number of nitrogens with two attached hydrogens (primary N) is 1. The molecule has 1 radical (unpaired) electrons. The van der Waals surface area contributed by atoms with Crippen molar-refractivity contribution in [1.29, 1.82) is 0 Å². The zero-order valence-electron chi connectivity index (χ0n) is 4.03. The summed E-state index contributed by atoms with van der Waals surface area (Å²) in [5.74, 6) is -0.539. The number of nitrogens with zero attached hydrogens (tertiary/aromatic N) is 2. The van der Waals surface area contributed by atoms with Gasteiger partial charge in [0.05, 0.1) is 0 Å². The van der Waals surface area contributed by atoms with Crippen molar-refractivity contribution < 1.29 is 4.79 Å². The lowest BCUT2D eigenvalue weighted by atomic mass is 10.3. The van der Waals surface area contributed by atoms with Gasteiger partial charge in [0.25, 0.3) is 5.91 Å². The molecule has 4 nitrogen and oxygen atoms in total. The monoisotopic (exact) mass is 110 g/mol. The fourth-order valence-electron chi connectivity index (χ4n) is 0.364. The molecule has 41 valence electrons. The summed E-state index contributed by atoms with van der Waals surface area (Å²) in [6.07, 6.45) is 2.88. The molecule has 0 aromatic heterocycles. The first-order valence-electron chi connectivity index (χ1n) is 2.05. The van der Waals surface area contributed by atoms with Gasteiger partial charge >= 0.3 is 0 Å². The predicted molar refractivity (Wildman–Crippen MR) is 26.4 cm³/mol. The molecule has 2 N–H and O–H groups in total. The fourth-order valence-corrected chi connectivity index (χ4v) is 0.364. The summed E-state index contributed by atoms with van der Waals surface area (Å²) in [4.78, 5) is 10.2. The van der Waals surface area contributed by atoms with E-state index in [1.54, 1.807) is 0 Å². The van der Waals surface area contributed by atoms with E-state index in [1.807, 2.05) is 0 Å². The van der Waals surface area contributed by atoms with E-state index in [2.05, 4.69) is 10.2 Å². The van der Waals surface area contributed by atoms with Gasteiger partial charge < -0.3 is 5.73 Å². The first-order valence-corrected chi connectivity index (χ1v) is 2.05. The van der Waals surface area contributed by atoms with Crippen LogP contribution in [-0.2, 0) is 4.79 Å². The van der Waals surface area contributed by atoms with Crippen molar-refractivity contribution in [2.75, 3.05) is 0 Å². The first-order chi connectivity index (χ1) is 3.80. The molecule has 0 aromatic rings. The van der Waals surface area contributed by atoms with Crippen LogP contribution in [-0.4, -0.2) is 5.91 Å². The van der Waals surface area contributed by atoms with Gasteiger partial charge in [-0.2, -0.15) is 10.2 Å². The van der Waals surface area contributed by atoms with Gasteiger partial charge in [-0.15, -0.1) is 0 Å². The lowest BCUT2D eigenvalue weighted by molar-refractivity contribution is -0.115. The van der Waals surface area contributed by atoms with Gasteiger partial charge in [-0.1, -0.05) is 0 Å². The first kappa shape index (κ1) is 4.96. The van der Waals surface area contributed by atoms with Crippen molar-refractivity contribution in [2.45, 2.75) is 0 Å². The summed E-state index contributed by atoms with van der Waals surface area (Å²) < 4.78 is 0. The highest BCUT2D eigenvalue weighted by molar-refractivity contribution is 5.90. The van der Waals surface area contributed by atoms with Crippen molar-refractivity contribution in [3.63, 3.8) is 0 Å². The zero-order chi connectivity index (χ0) is 5.98. The van der Waals surface area contributed by atoms with E-state index < -0.39 is 5.91 Å². The normalized spacial score (nSPS) is 17.5. The third-order valence-electron chi connectivity index (χ3n) is 0.717. The molecule has 8 heavy (non-hydrogen) atoms. The van der Waals surface area contributed by atoms with E-state index in [9.17, 15) is 4.79 Å². The summed E-state index contributed by atoms with van der Waals surface area (Å²) in [5.41, 5.74) is 4.82. The van der Waals surface area contributed by atoms with Gasteiger partial charge in [-0.3, -0.25) is 4.79 Å². The Labute approximate surface area is 46.1 Å². The second-order valence-electron chi connectivity index (χ2n) is 1.28. The summed E-state index contributed by atoms with van der Waals surface area (Å²) in [6.45, 7) is 0. The summed E-state index contributed by atoms with van der Waals surface area (Å²) >= 11 is 0. The average Bonchev–Trinajstić information content (AvgIpc) is 2.12. The van der Waals surface area contributed by atoms with Gasteiger partial charge in [-0.25, -0.2) is 0 Å². The molecule has 0 bridgehead atoms. The Hall–Kier alpha value is -1.19. The van der Waals surface area contributed by atoms with Crippen LogP contribution in [0.15, 0.2) is 22.5 Å². The van der Waals surface area contributed by atoms with Crippen molar-refractivity contribution >= 4 is 5.91 Å². The van der Waals surface area contributed by atoms with Crippen LogP contribution in [0.4, 0.5) is 0 Å². The van der Waals surface area contributed by atoms with Crippen LogP contribution in [0.2, 0.25) is 0 Å². The number of primary amides is 1. The Morgan fingerprint density at radius 3 is 2.75 bits per heavy atom. The molecule has 1 aliphatic heterocycles. The van der Waals surface area contributed by atoms with Crippen molar-refractivity contribution in [1.82, 2.24) is 0 Å². The highest BCUT2D eigenvalue weighted by Crippen LogP contribution is 2.09. The number of hydrogen-bond donors (Lipinski definition) is 1. The van der Waals surface area contributed by atoms with Gasteiger partial charge in [0, 0.05) is 6.20 Å². The second-order valence-corrected chi connectivity index (χ2v) is 1.28. The van der Waals surface area contributed by atoms with E-state index in [1.165, 1.54) is 12.3 Å². The predicted octanol–water partition coefficient (Wildman–Crippen LogP) is -0.0168. The van der Waals surface area contributed by atoms with Crippen LogP contribution in [0.25, 0.3) is 0 Å². The minimum absolute atomic E-state index is 0.213. The molecule has 0 saturated heterocycles. The topological polar surface area (TPSA) is 67.8 Å². The molecular weight excluding hydrogens is 106 g/mol. The lowest BCUT2D eigenvalue weighted by Crippen LogP contribution is -2.16. The fraction of sp³-hybridized carbons (Fsp3) is 0. The van der Waals surface area contributed by atoms with Crippen LogP contribution < -0.4 is 5.73 Å². The number of amides is 1. The summed E-state index contributed by atoms with van der Waals surface area (Å²) in [7, 11) is 0. The van der Waals surface area contributed by atoms with Gasteiger partial charge in [0.2, 0.25) is 6.04 Å². The van der Waals surface area contributed by atoms with Gasteiger partial charge in [0.15, 0.2) is 0 Å². The van der Waals surface area contributed by atoms with E-state index >= 15 is 0 Å². The number of hydrogen-bond acceptors (Lipinski definition) is 3. The maximum atomic E-state index is 10.2. The van der Waals surface area contributed by atoms with Crippen LogP contribution >= 0.6 is 0 Å². The highest BCUT2D eigenvalue weighted by Gasteiger charge is 2.13. The van der Waals surface area contributed by atoms with Crippen LogP contribution in [0.3, 0.4) is 0 Å². The smallest absolute Gasteiger partial charge is 0.254 e. The zero-order valence-corrected chi connectivity index (χ0v) is 4.03. The number of azo groups is 1. The van der Waals surface area contributed by atoms with Crippen LogP contribution in [0.5, 0.6) is 0 Å². The SMILES string of the molecule is NC(=O)[C]1C=CN=N1. The van der Waals surface area contributed by atoms with Crippen molar-refractivity contribution in [2.24, 2.45) is 16.0 Å². The second kappa shape index (κ2) is 1.73. The molecule has 4 heteroatoms. The van der Waals surface area contributed by atoms with Crippen molar-refractivity contribution in [3.8, 4) is 0 Å². The van der Waals surface area contributed by atoms with Crippen molar-refractivity contribution in [3.05, 3.63) is 18.3 Å². The third kappa shape index (κ3) is 0.726. The Bertz CT molecular complexity index is 149. The molecule has 0 unspecified atom stereocenters. The Balaban J connectivity index is 2.62. The third-order valence-corrected chi connectivity index (χ3v) is 0.717. The van der Waals surface area contributed by atoms with Crippen LogP contribution in [0, 0.1) is 6.04 Å². The molecule has 0 atom stereocenters. The summed E-state index contributed by atoms with van der Waals surface area (Å²) in [5, 5.41) is 6.78. The van der Waals surface area contributed by atoms with E-state index in [-0.39, 0.29) is 6.04 Å². The Kier molecular flexibility index (Phi) is 1.07. The molecule has 0 aromatic carbocycles. The van der Waals surface area contributed by atoms with E-state index in [0.717, 1.165) is 0 Å². The molecule has 0 fully saturated rings. The molecule has 0 spiro atoms. The molecule has 1 heterocycles. The van der Waals surface area contributed by atoms with Crippen LogP contribution in [0.1, 0.15) is 0 Å². The highest BCUT2D eigenvalue weighted by atomic mass is 16.1. The molecule has 0 saturated carbocycles.